The van der Waals surface area contributed by atoms with E-state index in [0.717, 1.165) is 33.5 Å². The molecule has 3 aromatic rings. The predicted octanol–water partition coefficient (Wildman–Crippen LogP) is 3.43. The van der Waals surface area contributed by atoms with Crippen molar-refractivity contribution in [1.82, 2.24) is 9.88 Å². The number of rotatable bonds is 4. The van der Waals surface area contributed by atoms with Crippen LogP contribution in [-0.4, -0.2) is 52.0 Å². The lowest BCUT2D eigenvalue weighted by atomic mass is 9.85. The molecule has 0 radical (unpaired) electrons. The van der Waals surface area contributed by atoms with Gasteiger partial charge in [0.15, 0.2) is 0 Å². The average Bonchev–Trinajstić information content (AvgIpc) is 3.36. The third kappa shape index (κ3) is 3.23. The van der Waals surface area contributed by atoms with Crippen molar-refractivity contribution in [3.05, 3.63) is 53.7 Å². The van der Waals surface area contributed by atoms with E-state index in [1.165, 1.54) is 5.56 Å². The maximum absolute atomic E-state index is 9.92. The number of para-hydroxylation sites is 1. The molecular formula is C24H28N2O3. The molecule has 0 aliphatic carbocycles. The molecule has 1 fully saturated rings. The number of aliphatic hydroxyl groups excluding tert-OH is 2. The summed E-state index contributed by atoms with van der Waals surface area (Å²) in [6.45, 7) is 6.54. The summed E-state index contributed by atoms with van der Waals surface area (Å²) < 4.78 is 6.08. The molecule has 1 aromatic heterocycles. The van der Waals surface area contributed by atoms with Crippen LogP contribution in [-0.2, 0) is 12.0 Å². The number of aromatic nitrogens is 1. The van der Waals surface area contributed by atoms with Gasteiger partial charge in [0.25, 0.3) is 0 Å². The first-order valence-electron chi connectivity index (χ1n) is 10.4. The number of aliphatic hydroxyl groups is 2. The zero-order chi connectivity index (χ0) is 20.2. The number of hydrogen-bond acceptors (Lipinski definition) is 4. The monoisotopic (exact) mass is 392 g/mol. The summed E-state index contributed by atoms with van der Waals surface area (Å²) in [5.41, 5.74) is 5.80. The minimum atomic E-state index is -0.354. The lowest BCUT2D eigenvalue weighted by Gasteiger charge is -2.21. The fraction of sp³-hybridized carbons (Fsp3) is 0.417. The predicted molar refractivity (Wildman–Crippen MR) is 114 cm³/mol. The first-order valence-corrected chi connectivity index (χ1v) is 10.4. The molecule has 0 saturated carbocycles. The number of hydrogen-bond donors (Lipinski definition) is 3. The molecular weight excluding hydrogens is 364 g/mol. The second-order valence-corrected chi connectivity index (χ2v) is 9.11. The van der Waals surface area contributed by atoms with E-state index in [9.17, 15) is 10.2 Å². The minimum absolute atomic E-state index is 0.0272. The van der Waals surface area contributed by atoms with E-state index in [4.69, 9.17) is 4.74 Å². The quantitative estimate of drug-likeness (QED) is 0.636. The average molecular weight is 392 g/mol. The minimum Gasteiger partial charge on any atom is -0.492 e. The number of fused-ring (bicyclic) bond motifs is 2. The standard InChI is InChI=1S/C24H28N2O3/c1-24(2)14-29-23-20(4-3-5-21(23)24)15-6-7-22-16(8-15)9-17(25-22)11-26-12-19(28)10-18(26)13-27/h3-9,18-19,25,27-28H,10-14H2,1-2H3/t18-,19+/m1/s1. The number of H-pyrrole nitrogens is 1. The van der Waals surface area contributed by atoms with Gasteiger partial charge in [0.1, 0.15) is 5.75 Å². The van der Waals surface area contributed by atoms with Crippen molar-refractivity contribution < 1.29 is 14.9 Å². The van der Waals surface area contributed by atoms with E-state index in [1.54, 1.807) is 0 Å². The Balaban J connectivity index is 1.46. The van der Waals surface area contributed by atoms with Gasteiger partial charge in [0.05, 0.1) is 19.3 Å². The van der Waals surface area contributed by atoms with E-state index in [-0.39, 0.29) is 24.2 Å². The molecule has 152 valence electrons. The molecule has 5 heteroatoms. The molecule has 2 aliphatic rings. The van der Waals surface area contributed by atoms with Crippen LogP contribution in [0.2, 0.25) is 0 Å². The molecule has 5 nitrogen and oxygen atoms in total. The Bertz CT molecular complexity index is 1060. The second kappa shape index (κ2) is 6.87. The van der Waals surface area contributed by atoms with Gasteiger partial charge in [0, 0.05) is 52.3 Å². The first kappa shape index (κ1) is 18.7. The van der Waals surface area contributed by atoms with Crippen LogP contribution < -0.4 is 4.74 Å². The van der Waals surface area contributed by atoms with Gasteiger partial charge in [-0.3, -0.25) is 4.90 Å². The highest BCUT2D eigenvalue weighted by Crippen LogP contribution is 2.44. The molecule has 0 unspecified atom stereocenters. The van der Waals surface area contributed by atoms with Crippen LogP contribution in [0.15, 0.2) is 42.5 Å². The van der Waals surface area contributed by atoms with Gasteiger partial charge in [-0.2, -0.15) is 0 Å². The third-order valence-electron chi connectivity index (χ3n) is 6.40. The molecule has 3 heterocycles. The fourth-order valence-corrected chi connectivity index (χ4v) is 4.79. The Labute approximate surface area is 170 Å². The maximum atomic E-state index is 9.92. The summed E-state index contributed by atoms with van der Waals surface area (Å²) >= 11 is 0. The van der Waals surface area contributed by atoms with Crippen molar-refractivity contribution in [2.75, 3.05) is 19.8 Å². The summed E-state index contributed by atoms with van der Waals surface area (Å²) in [6.07, 6.45) is 0.281. The number of nitrogens with one attached hydrogen (secondary N) is 1. The Morgan fingerprint density at radius 3 is 2.90 bits per heavy atom. The molecule has 0 spiro atoms. The van der Waals surface area contributed by atoms with Crippen LogP contribution >= 0.6 is 0 Å². The summed E-state index contributed by atoms with van der Waals surface area (Å²) in [7, 11) is 0. The smallest absolute Gasteiger partial charge is 0.131 e. The third-order valence-corrected chi connectivity index (χ3v) is 6.40. The number of ether oxygens (including phenoxy) is 1. The molecule has 1 saturated heterocycles. The van der Waals surface area contributed by atoms with Crippen molar-refractivity contribution in [1.29, 1.82) is 0 Å². The zero-order valence-electron chi connectivity index (χ0n) is 17.0. The van der Waals surface area contributed by atoms with E-state index >= 15 is 0 Å². The summed E-state index contributed by atoms with van der Waals surface area (Å²) in [4.78, 5) is 5.64. The van der Waals surface area contributed by atoms with Gasteiger partial charge >= 0.3 is 0 Å². The van der Waals surface area contributed by atoms with Crippen LogP contribution in [0.3, 0.4) is 0 Å². The maximum Gasteiger partial charge on any atom is 0.131 e. The van der Waals surface area contributed by atoms with Crippen molar-refractivity contribution in [2.45, 2.75) is 44.4 Å². The van der Waals surface area contributed by atoms with Crippen LogP contribution in [0.5, 0.6) is 5.75 Å². The highest BCUT2D eigenvalue weighted by Gasteiger charge is 2.33. The van der Waals surface area contributed by atoms with Crippen molar-refractivity contribution in [3.8, 4) is 16.9 Å². The van der Waals surface area contributed by atoms with Gasteiger partial charge in [0.2, 0.25) is 0 Å². The lowest BCUT2D eigenvalue weighted by Crippen LogP contribution is -2.31. The van der Waals surface area contributed by atoms with Gasteiger partial charge in [-0.25, -0.2) is 0 Å². The molecule has 29 heavy (non-hydrogen) atoms. The topological polar surface area (TPSA) is 68.7 Å². The van der Waals surface area contributed by atoms with Crippen LogP contribution in [0.4, 0.5) is 0 Å². The van der Waals surface area contributed by atoms with Crippen molar-refractivity contribution >= 4 is 10.9 Å². The molecule has 2 aromatic carbocycles. The highest BCUT2D eigenvalue weighted by atomic mass is 16.5. The summed E-state index contributed by atoms with van der Waals surface area (Å²) in [6, 6.07) is 15.1. The molecule has 2 atom stereocenters. The number of β-amino-alcohol motifs (C(OH)–C–C–N with tert-alkyl or cyclic N) is 1. The Morgan fingerprint density at radius 1 is 1.21 bits per heavy atom. The lowest BCUT2D eigenvalue weighted by molar-refractivity contribution is 0.149. The van der Waals surface area contributed by atoms with Gasteiger partial charge in [-0.15, -0.1) is 0 Å². The number of likely N-dealkylation sites (tertiary alicyclic amines) is 1. The van der Waals surface area contributed by atoms with Crippen LogP contribution in [0.25, 0.3) is 22.0 Å². The fourth-order valence-electron chi connectivity index (χ4n) is 4.79. The normalized spacial score (nSPS) is 23.4. The van der Waals surface area contributed by atoms with E-state index in [0.29, 0.717) is 26.1 Å². The number of benzene rings is 2. The van der Waals surface area contributed by atoms with Crippen molar-refractivity contribution in [2.24, 2.45) is 0 Å². The Kier molecular flexibility index (Phi) is 4.42. The Hall–Kier alpha value is -2.34. The number of nitrogens with zero attached hydrogens (tertiary/aromatic N) is 1. The SMILES string of the molecule is CC1(C)COc2c(-c3ccc4[nH]c(CN5C[C@@H](O)C[C@@H]5CO)cc4c3)cccc21. The Morgan fingerprint density at radius 2 is 2.07 bits per heavy atom. The van der Waals surface area contributed by atoms with Gasteiger partial charge in [-0.05, 0) is 30.2 Å². The van der Waals surface area contributed by atoms with Gasteiger partial charge < -0.3 is 19.9 Å². The second-order valence-electron chi connectivity index (χ2n) is 9.11. The number of aromatic amines is 1. The summed E-state index contributed by atoms with van der Waals surface area (Å²) in [5, 5.41) is 20.7. The molecule has 0 bridgehead atoms. The largest absolute Gasteiger partial charge is 0.492 e. The summed E-state index contributed by atoms with van der Waals surface area (Å²) in [5.74, 6) is 1.00. The van der Waals surface area contributed by atoms with Crippen LogP contribution in [0, 0.1) is 0 Å². The molecule has 2 aliphatic heterocycles. The zero-order valence-corrected chi connectivity index (χ0v) is 17.0. The van der Waals surface area contributed by atoms with E-state index in [1.807, 2.05) is 0 Å². The first-order chi connectivity index (χ1) is 13.9. The van der Waals surface area contributed by atoms with Crippen molar-refractivity contribution in [3.63, 3.8) is 0 Å². The molecule has 5 rings (SSSR count). The highest BCUT2D eigenvalue weighted by molar-refractivity contribution is 5.87. The van der Waals surface area contributed by atoms with E-state index < -0.39 is 0 Å². The molecule has 0 amide bonds. The van der Waals surface area contributed by atoms with Crippen LogP contribution in [0.1, 0.15) is 31.5 Å². The van der Waals surface area contributed by atoms with Gasteiger partial charge in [-0.1, -0.05) is 38.1 Å². The molecule has 3 N–H and O–H groups in total. The van der Waals surface area contributed by atoms with E-state index in [2.05, 4.69) is 66.2 Å².